The molecule has 0 aliphatic rings. The summed E-state index contributed by atoms with van der Waals surface area (Å²) in [6, 6.07) is 6.89. The number of aromatic nitrogens is 2. The number of thioether (sulfide) groups is 1. The molecule has 156 valence electrons. The average molecular weight is 443 g/mol. The van der Waals surface area contributed by atoms with Crippen LogP contribution in [-0.4, -0.2) is 16.7 Å². The predicted molar refractivity (Wildman–Crippen MR) is 122 cm³/mol. The van der Waals surface area contributed by atoms with Crippen LogP contribution in [0.2, 0.25) is 0 Å². The Morgan fingerprint density at radius 1 is 1.23 bits per heavy atom. The summed E-state index contributed by atoms with van der Waals surface area (Å²) in [5, 5.41) is 2.19. The highest BCUT2D eigenvalue weighted by atomic mass is 32.2. The van der Waals surface area contributed by atoms with E-state index in [9.17, 15) is 9.59 Å². The maximum absolute atomic E-state index is 13.2. The highest BCUT2D eigenvalue weighted by Crippen LogP contribution is 2.32. The Labute approximate surface area is 181 Å². The largest absolute Gasteiger partial charge is 0.497 e. The van der Waals surface area contributed by atoms with E-state index in [-0.39, 0.29) is 11.6 Å². The number of methoxy groups -OCH3 is 1. The lowest BCUT2D eigenvalue weighted by Gasteiger charge is -2.15. The highest BCUT2D eigenvalue weighted by Gasteiger charge is 2.19. The molecule has 30 heavy (non-hydrogen) atoms. The van der Waals surface area contributed by atoms with Crippen molar-refractivity contribution in [2.24, 2.45) is 0 Å². The molecule has 0 aliphatic carbocycles. The van der Waals surface area contributed by atoms with Crippen LogP contribution in [0.3, 0.4) is 0 Å². The fourth-order valence-corrected chi connectivity index (χ4v) is 5.63. The average Bonchev–Trinajstić information content (AvgIpc) is 2.98. The summed E-state index contributed by atoms with van der Waals surface area (Å²) in [7, 11) is 1.57. The number of aryl methyl sites for hydroxylation is 2. The van der Waals surface area contributed by atoms with Gasteiger partial charge < -0.3 is 9.15 Å². The van der Waals surface area contributed by atoms with Gasteiger partial charge in [-0.1, -0.05) is 11.8 Å². The third-order valence-corrected chi connectivity index (χ3v) is 7.22. The minimum atomic E-state index is -0.416. The van der Waals surface area contributed by atoms with Crippen molar-refractivity contribution in [3.8, 4) is 5.75 Å². The van der Waals surface area contributed by atoms with E-state index in [2.05, 4.69) is 0 Å². The third-order valence-electron chi connectivity index (χ3n) is 5.11. The van der Waals surface area contributed by atoms with Crippen molar-refractivity contribution < 1.29 is 9.15 Å². The summed E-state index contributed by atoms with van der Waals surface area (Å²) in [5.41, 5.74) is 1.88. The van der Waals surface area contributed by atoms with E-state index >= 15 is 0 Å². The molecule has 0 spiro atoms. The molecule has 4 rings (SSSR count). The van der Waals surface area contributed by atoms with E-state index in [1.165, 1.54) is 17.8 Å². The molecular formula is C22H22N2O4S2. The molecular weight excluding hydrogens is 420 g/mol. The standard InChI is InChI=1S/C22H22N2O4S2/c1-11(2)24-21(26)19-12(3)13(4)30-20(19)23-22(24)29-10-14-8-18(25)28-17-9-15(27-5)6-7-16(14)17/h6-9,11H,10H2,1-5H3. The molecule has 0 unspecified atom stereocenters. The van der Waals surface area contributed by atoms with Gasteiger partial charge in [0.1, 0.15) is 16.2 Å². The van der Waals surface area contributed by atoms with Gasteiger partial charge in [0.05, 0.1) is 12.5 Å². The molecule has 0 bridgehead atoms. The number of thiophene rings is 1. The Morgan fingerprint density at radius 3 is 2.70 bits per heavy atom. The van der Waals surface area contributed by atoms with Gasteiger partial charge in [-0.2, -0.15) is 0 Å². The third kappa shape index (κ3) is 3.54. The highest BCUT2D eigenvalue weighted by molar-refractivity contribution is 7.98. The first kappa shape index (κ1) is 20.7. The van der Waals surface area contributed by atoms with Crippen molar-refractivity contribution in [2.45, 2.75) is 44.6 Å². The summed E-state index contributed by atoms with van der Waals surface area (Å²) >= 11 is 2.99. The molecule has 4 aromatic rings. The lowest BCUT2D eigenvalue weighted by molar-refractivity contribution is 0.414. The van der Waals surface area contributed by atoms with Gasteiger partial charge >= 0.3 is 5.63 Å². The predicted octanol–water partition coefficient (Wildman–Crippen LogP) is 5.06. The van der Waals surface area contributed by atoms with Crippen LogP contribution in [0.5, 0.6) is 5.75 Å². The maximum Gasteiger partial charge on any atom is 0.336 e. The zero-order valence-corrected chi connectivity index (χ0v) is 19.1. The van der Waals surface area contributed by atoms with E-state index in [0.29, 0.717) is 27.6 Å². The van der Waals surface area contributed by atoms with Crippen LogP contribution >= 0.6 is 23.1 Å². The van der Waals surface area contributed by atoms with Crippen LogP contribution in [0.4, 0.5) is 0 Å². The van der Waals surface area contributed by atoms with Gasteiger partial charge in [-0.05, 0) is 51.0 Å². The lowest BCUT2D eigenvalue weighted by atomic mass is 10.1. The van der Waals surface area contributed by atoms with Gasteiger partial charge in [-0.25, -0.2) is 9.78 Å². The Kier molecular flexibility index (Phi) is 5.46. The maximum atomic E-state index is 13.2. The monoisotopic (exact) mass is 442 g/mol. The zero-order chi connectivity index (χ0) is 21.6. The van der Waals surface area contributed by atoms with Gasteiger partial charge in [-0.15, -0.1) is 11.3 Å². The van der Waals surface area contributed by atoms with Crippen molar-refractivity contribution in [1.29, 1.82) is 0 Å². The molecule has 8 heteroatoms. The Bertz CT molecular complexity index is 1380. The molecule has 3 heterocycles. The van der Waals surface area contributed by atoms with Crippen molar-refractivity contribution >= 4 is 44.3 Å². The second-order valence-corrected chi connectivity index (χ2v) is 9.51. The summed E-state index contributed by atoms with van der Waals surface area (Å²) in [5.74, 6) is 1.11. The Hall–Kier alpha value is -2.58. The van der Waals surface area contributed by atoms with E-state index in [4.69, 9.17) is 14.1 Å². The second kappa shape index (κ2) is 7.92. The van der Waals surface area contributed by atoms with Gasteiger partial charge in [0.2, 0.25) is 0 Å². The molecule has 0 aliphatic heterocycles. The molecule has 1 aromatic carbocycles. The van der Waals surface area contributed by atoms with Crippen LogP contribution in [0.25, 0.3) is 21.2 Å². The molecule has 6 nitrogen and oxygen atoms in total. The van der Waals surface area contributed by atoms with Gasteiger partial charge in [0.25, 0.3) is 5.56 Å². The SMILES string of the molecule is COc1ccc2c(CSc3nc4sc(C)c(C)c4c(=O)n3C(C)C)cc(=O)oc2c1. The Morgan fingerprint density at radius 2 is 2.00 bits per heavy atom. The summed E-state index contributed by atoms with van der Waals surface area (Å²) in [6.45, 7) is 7.94. The molecule has 0 N–H and O–H groups in total. The minimum absolute atomic E-state index is 0.0125. The first-order valence-electron chi connectivity index (χ1n) is 9.56. The fourth-order valence-electron chi connectivity index (χ4n) is 3.44. The summed E-state index contributed by atoms with van der Waals surface area (Å²) < 4.78 is 12.3. The van der Waals surface area contributed by atoms with Crippen molar-refractivity contribution in [1.82, 2.24) is 9.55 Å². The molecule has 0 fully saturated rings. The number of fused-ring (bicyclic) bond motifs is 2. The Balaban J connectivity index is 1.80. The van der Waals surface area contributed by atoms with Crippen LogP contribution in [0.1, 0.15) is 35.9 Å². The zero-order valence-electron chi connectivity index (χ0n) is 17.4. The number of hydrogen-bond acceptors (Lipinski definition) is 7. The number of ether oxygens (including phenoxy) is 1. The van der Waals surface area contributed by atoms with Crippen molar-refractivity contribution in [3.63, 3.8) is 0 Å². The molecule has 0 saturated carbocycles. The van der Waals surface area contributed by atoms with Crippen molar-refractivity contribution in [3.05, 3.63) is 61.0 Å². The van der Waals surface area contributed by atoms with Crippen LogP contribution in [-0.2, 0) is 5.75 Å². The van der Waals surface area contributed by atoms with Crippen molar-refractivity contribution in [2.75, 3.05) is 7.11 Å². The number of hydrogen-bond donors (Lipinski definition) is 0. The first-order valence-corrected chi connectivity index (χ1v) is 11.4. The summed E-state index contributed by atoms with van der Waals surface area (Å²) in [4.78, 5) is 32.0. The molecule has 3 aromatic heterocycles. The molecule has 0 radical (unpaired) electrons. The van der Waals surface area contributed by atoms with Gasteiger partial charge in [0.15, 0.2) is 5.16 Å². The molecule has 0 amide bonds. The minimum Gasteiger partial charge on any atom is -0.497 e. The van der Waals surface area contributed by atoms with E-state index in [1.807, 2.05) is 39.8 Å². The summed E-state index contributed by atoms with van der Waals surface area (Å²) in [6.07, 6.45) is 0. The molecule has 0 atom stereocenters. The van der Waals surface area contributed by atoms with Crippen LogP contribution in [0, 0.1) is 13.8 Å². The number of rotatable bonds is 5. The van der Waals surface area contributed by atoms with E-state index < -0.39 is 5.63 Å². The van der Waals surface area contributed by atoms with Gasteiger partial charge in [0, 0.05) is 34.2 Å². The van der Waals surface area contributed by atoms with E-state index in [0.717, 1.165) is 26.2 Å². The van der Waals surface area contributed by atoms with Crippen LogP contribution in [0.15, 0.2) is 43.4 Å². The number of nitrogens with zero attached hydrogens (tertiary/aromatic N) is 2. The normalized spacial score (nSPS) is 11.7. The lowest BCUT2D eigenvalue weighted by Crippen LogP contribution is -2.25. The second-order valence-electron chi connectivity index (χ2n) is 7.37. The smallest absolute Gasteiger partial charge is 0.336 e. The van der Waals surface area contributed by atoms with Crippen LogP contribution < -0.4 is 15.9 Å². The molecule has 0 saturated heterocycles. The fraction of sp³-hybridized carbons (Fsp3) is 0.318. The van der Waals surface area contributed by atoms with Gasteiger partial charge in [-0.3, -0.25) is 9.36 Å². The number of benzene rings is 1. The topological polar surface area (TPSA) is 74.3 Å². The quantitative estimate of drug-likeness (QED) is 0.244. The van der Waals surface area contributed by atoms with E-state index in [1.54, 1.807) is 29.1 Å². The first-order chi connectivity index (χ1) is 14.3.